The van der Waals surface area contributed by atoms with Crippen LogP contribution in [0.3, 0.4) is 0 Å². The maximum absolute atomic E-state index is 13.2. The van der Waals surface area contributed by atoms with Gasteiger partial charge in [0, 0.05) is 32.4 Å². The first-order chi connectivity index (χ1) is 14.9. The summed E-state index contributed by atoms with van der Waals surface area (Å²) in [4.78, 5) is 47.3. The highest BCUT2D eigenvalue weighted by Crippen LogP contribution is 2.12. The lowest BCUT2D eigenvalue weighted by Crippen LogP contribution is -2.33. The number of ether oxygens (including phenoxy) is 2. The van der Waals surface area contributed by atoms with Gasteiger partial charge in [0.15, 0.2) is 5.49 Å². The number of carbonyl (C=O) groups is 2. The number of methoxy groups -OCH3 is 1. The molecule has 0 aliphatic heterocycles. The summed E-state index contributed by atoms with van der Waals surface area (Å²) >= 11 is 0. The second kappa shape index (κ2) is 9.65. The summed E-state index contributed by atoms with van der Waals surface area (Å²) in [6, 6.07) is 6.65. The third kappa shape index (κ3) is 4.56. The maximum atomic E-state index is 13.2. The number of rotatable bonds is 7. The zero-order chi connectivity index (χ0) is 22.5. The molecule has 0 atom stereocenters. The highest BCUT2D eigenvalue weighted by atomic mass is 16.5. The molecular weight excluding hydrogens is 400 g/mol. The number of aryl methyl sites for hydroxylation is 1. The van der Waals surface area contributed by atoms with E-state index in [0.717, 1.165) is 0 Å². The van der Waals surface area contributed by atoms with Crippen LogP contribution in [-0.4, -0.2) is 46.2 Å². The Hall–Kier alpha value is -3.33. The van der Waals surface area contributed by atoms with Crippen molar-refractivity contribution < 1.29 is 19.1 Å². The number of amides is 1. The van der Waals surface area contributed by atoms with E-state index in [4.69, 9.17) is 9.47 Å². The van der Waals surface area contributed by atoms with Crippen LogP contribution in [-0.2, 0) is 20.8 Å². The van der Waals surface area contributed by atoms with E-state index in [1.165, 1.54) is 10.5 Å². The molecule has 0 unspecified atom stereocenters. The molecule has 0 aliphatic carbocycles. The minimum absolute atomic E-state index is 0.0514. The molecule has 0 spiro atoms. The third-order valence-electron chi connectivity index (χ3n) is 4.73. The molecule has 3 aromatic rings. The van der Waals surface area contributed by atoms with Crippen LogP contribution in [0.1, 0.15) is 37.6 Å². The van der Waals surface area contributed by atoms with Crippen LogP contribution in [0.25, 0.3) is 16.7 Å². The summed E-state index contributed by atoms with van der Waals surface area (Å²) in [5, 5.41) is 0.236. The number of hydrogen-bond donors (Lipinski definition) is 0. The molecule has 0 aliphatic rings. The van der Waals surface area contributed by atoms with Gasteiger partial charge in [-0.15, -0.1) is 0 Å². The number of hydrogen-bond acceptors (Lipinski definition) is 6. The minimum Gasteiger partial charge on any atom is -0.462 e. The van der Waals surface area contributed by atoms with Crippen LogP contribution < -0.4 is 11.0 Å². The highest BCUT2D eigenvalue weighted by Gasteiger charge is 2.20. The molecule has 3 rings (SSSR count). The number of fused-ring (bicyclic) bond motifs is 2. The van der Waals surface area contributed by atoms with E-state index in [1.807, 2.05) is 0 Å². The van der Waals surface area contributed by atoms with E-state index in [1.54, 1.807) is 56.8 Å². The van der Waals surface area contributed by atoms with E-state index in [-0.39, 0.29) is 40.4 Å². The van der Waals surface area contributed by atoms with Crippen molar-refractivity contribution >= 4 is 28.6 Å². The number of nitrogens with zero attached hydrogens (tertiary/aromatic N) is 4. The molecule has 0 N–H and O–H groups in total. The molecule has 9 heteroatoms. The van der Waals surface area contributed by atoms with Gasteiger partial charge in [-0.25, -0.2) is 9.78 Å². The molecule has 31 heavy (non-hydrogen) atoms. The number of pyridine rings is 2. The molecule has 0 aromatic carbocycles. The number of esters is 1. The van der Waals surface area contributed by atoms with Crippen LogP contribution in [0.15, 0.2) is 40.2 Å². The zero-order valence-corrected chi connectivity index (χ0v) is 18.1. The molecule has 0 fully saturated rings. The molecule has 0 radical (unpaired) electrons. The van der Waals surface area contributed by atoms with Crippen molar-refractivity contribution in [3.05, 3.63) is 51.9 Å². The summed E-state index contributed by atoms with van der Waals surface area (Å²) in [7, 11) is 1.59. The average Bonchev–Trinajstić information content (AvgIpc) is 2.75. The zero-order valence-electron chi connectivity index (χ0n) is 18.1. The summed E-state index contributed by atoms with van der Waals surface area (Å²) in [5.74, 6) is -1.41. The lowest BCUT2D eigenvalue weighted by atomic mass is 10.2. The largest absolute Gasteiger partial charge is 0.462 e. The van der Waals surface area contributed by atoms with Crippen molar-refractivity contribution in [1.82, 2.24) is 14.0 Å². The normalized spacial score (nSPS) is 12.1. The lowest BCUT2D eigenvalue weighted by molar-refractivity contribution is -0.120. The predicted molar refractivity (Wildman–Crippen MR) is 115 cm³/mol. The Morgan fingerprint density at radius 2 is 2.03 bits per heavy atom. The topological polar surface area (TPSA) is 104 Å². The van der Waals surface area contributed by atoms with Crippen molar-refractivity contribution in [3.63, 3.8) is 0 Å². The molecule has 0 bridgehead atoms. The Labute approximate surface area is 179 Å². The van der Waals surface area contributed by atoms with Crippen LogP contribution >= 0.6 is 0 Å². The fourth-order valence-corrected chi connectivity index (χ4v) is 3.17. The van der Waals surface area contributed by atoms with E-state index in [0.29, 0.717) is 30.9 Å². The van der Waals surface area contributed by atoms with Gasteiger partial charge in [0.05, 0.1) is 12.0 Å². The van der Waals surface area contributed by atoms with Crippen molar-refractivity contribution in [2.24, 2.45) is 10.9 Å². The fraction of sp³-hybridized carbons (Fsp3) is 0.409. The Morgan fingerprint density at radius 3 is 2.71 bits per heavy atom. The Balaban J connectivity index is 2.47. The second-order valence-electron chi connectivity index (χ2n) is 7.29. The van der Waals surface area contributed by atoms with Crippen molar-refractivity contribution in [3.8, 4) is 0 Å². The lowest BCUT2D eigenvalue weighted by Gasteiger charge is -2.15. The molecule has 1 amide bonds. The van der Waals surface area contributed by atoms with Gasteiger partial charge in [-0.1, -0.05) is 19.9 Å². The molecular formula is C22H26N4O5. The van der Waals surface area contributed by atoms with Gasteiger partial charge in [0.2, 0.25) is 5.91 Å². The first kappa shape index (κ1) is 22.4. The molecule has 3 heterocycles. The standard InChI is InChI=1S/C22H26N4O5/c1-5-31-22(29)16-13-15-18(23-17-9-6-7-10-25(17)21(15)28)26(11-8-12-30-4)19(16)24-20(27)14(2)3/h6-7,9-10,13-14H,5,8,11-12H2,1-4H3. The first-order valence-corrected chi connectivity index (χ1v) is 10.2. The predicted octanol–water partition coefficient (Wildman–Crippen LogP) is 1.95. The molecule has 3 aromatic heterocycles. The summed E-state index contributed by atoms with van der Waals surface area (Å²) in [6.45, 7) is 6.08. The van der Waals surface area contributed by atoms with Gasteiger partial charge in [-0.2, -0.15) is 4.99 Å². The van der Waals surface area contributed by atoms with Gasteiger partial charge in [-0.05, 0) is 31.5 Å². The molecule has 9 nitrogen and oxygen atoms in total. The van der Waals surface area contributed by atoms with Crippen molar-refractivity contribution in [1.29, 1.82) is 0 Å². The maximum Gasteiger partial charge on any atom is 0.341 e. The Bertz CT molecular complexity index is 1260. The Morgan fingerprint density at radius 1 is 1.26 bits per heavy atom. The van der Waals surface area contributed by atoms with Gasteiger partial charge in [-0.3, -0.25) is 14.0 Å². The second-order valence-corrected chi connectivity index (χ2v) is 7.29. The van der Waals surface area contributed by atoms with Gasteiger partial charge >= 0.3 is 5.97 Å². The molecule has 0 saturated heterocycles. The highest BCUT2D eigenvalue weighted by molar-refractivity contribution is 5.93. The molecule has 0 saturated carbocycles. The summed E-state index contributed by atoms with van der Waals surface area (Å²) in [6.07, 6.45) is 2.18. The van der Waals surface area contributed by atoms with E-state index < -0.39 is 5.97 Å². The first-order valence-electron chi connectivity index (χ1n) is 10.2. The van der Waals surface area contributed by atoms with E-state index in [2.05, 4.69) is 9.98 Å². The SMILES string of the molecule is CCOC(=O)c1cc2c(=O)n3ccccc3nc2n(CCCOC)c1=NC(=O)C(C)C. The van der Waals surface area contributed by atoms with Crippen LogP contribution in [0.4, 0.5) is 0 Å². The van der Waals surface area contributed by atoms with Gasteiger partial charge < -0.3 is 14.0 Å². The van der Waals surface area contributed by atoms with E-state index in [9.17, 15) is 14.4 Å². The summed E-state index contributed by atoms with van der Waals surface area (Å²) in [5.41, 5.74) is 0.651. The van der Waals surface area contributed by atoms with Crippen LogP contribution in [0.2, 0.25) is 0 Å². The van der Waals surface area contributed by atoms with Crippen LogP contribution in [0.5, 0.6) is 0 Å². The number of aromatic nitrogens is 3. The Kier molecular flexibility index (Phi) is 6.96. The summed E-state index contributed by atoms with van der Waals surface area (Å²) < 4.78 is 13.4. The van der Waals surface area contributed by atoms with Gasteiger partial charge in [0.25, 0.3) is 5.56 Å². The van der Waals surface area contributed by atoms with E-state index >= 15 is 0 Å². The number of carbonyl (C=O) groups excluding carboxylic acids is 2. The minimum atomic E-state index is -0.655. The smallest absolute Gasteiger partial charge is 0.341 e. The monoisotopic (exact) mass is 426 g/mol. The van der Waals surface area contributed by atoms with Crippen LogP contribution in [0, 0.1) is 5.92 Å². The van der Waals surface area contributed by atoms with Crippen molar-refractivity contribution in [2.45, 2.75) is 33.7 Å². The quantitative estimate of drug-likeness (QED) is 0.325. The van der Waals surface area contributed by atoms with Gasteiger partial charge in [0.1, 0.15) is 16.9 Å². The average molecular weight is 426 g/mol. The fourth-order valence-electron chi connectivity index (χ4n) is 3.17. The third-order valence-corrected chi connectivity index (χ3v) is 4.73. The molecule has 164 valence electrons. The van der Waals surface area contributed by atoms with Crippen molar-refractivity contribution in [2.75, 3.05) is 20.3 Å².